The number of benzene rings is 3. The smallest absolute Gasteiger partial charge is 0.143 e. The maximum atomic E-state index is 9.89. The number of hydrogen-bond donors (Lipinski definition) is 2. The maximum absolute atomic E-state index is 9.89. The van der Waals surface area contributed by atoms with E-state index in [2.05, 4.69) is 0 Å². The Hall–Kier alpha value is -2.46. The quantitative estimate of drug-likeness (QED) is 0.652. The van der Waals surface area contributed by atoms with E-state index in [9.17, 15) is 10.2 Å². The van der Waals surface area contributed by atoms with Crippen molar-refractivity contribution < 1.29 is 14.9 Å². The van der Waals surface area contributed by atoms with Gasteiger partial charge >= 0.3 is 0 Å². The molecule has 0 bridgehead atoms. The van der Waals surface area contributed by atoms with Gasteiger partial charge in [-0.1, -0.05) is 91.0 Å². The molecule has 3 nitrogen and oxygen atoms in total. The van der Waals surface area contributed by atoms with E-state index in [0.717, 1.165) is 16.7 Å². The summed E-state index contributed by atoms with van der Waals surface area (Å²) in [6.07, 6.45) is -0.935. The summed E-state index contributed by atoms with van der Waals surface area (Å²) in [6, 6.07) is 29.9. The standard InChI is InChI=1S/C22H22O3/c23-16-21(24)17-25-22(18-10-4-1-5-11-18,19-12-6-2-7-13-19)20-14-8-3-9-15-20/h1-15,21,23-24H,16-17H2/t21-/m0/s1. The molecule has 0 spiro atoms. The predicted octanol–water partition coefficient (Wildman–Crippen LogP) is 3.35. The highest BCUT2D eigenvalue weighted by Crippen LogP contribution is 2.40. The lowest BCUT2D eigenvalue weighted by Crippen LogP contribution is -2.36. The molecule has 0 heterocycles. The lowest BCUT2D eigenvalue weighted by molar-refractivity contribution is -0.0524. The highest BCUT2D eigenvalue weighted by Gasteiger charge is 2.37. The Morgan fingerprint density at radius 1 is 0.680 bits per heavy atom. The third kappa shape index (κ3) is 3.64. The molecule has 1 atom stereocenters. The van der Waals surface area contributed by atoms with Gasteiger partial charge in [-0.3, -0.25) is 0 Å². The van der Waals surface area contributed by atoms with Crippen molar-refractivity contribution in [3.63, 3.8) is 0 Å². The first-order valence-corrected chi connectivity index (χ1v) is 8.37. The minimum absolute atomic E-state index is 0.0230. The molecule has 0 fully saturated rings. The van der Waals surface area contributed by atoms with Gasteiger partial charge in [-0.15, -0.1) is 0 Å². The number of ether oxygens (including phenoxy) is 1. The van der Waals surface area contributed by atoms with Crippen LogP contribution in [0.3, 0.4) is 0 Å². The molecule has 0 saturated heterocycles. The third-order valence-corrected chi connectivity index (χ3v) is 4.24. The molecule has 25 heavy (non-hydrogen) atoms. The van der Waals surface area contributed by atoms with Gasteiger partial charge in [-0.2, -0.15) is 0 Å². The van der Waals surface area contributed by atoms with Gasteiger partial charge in [0.05, 0.1) is 13.2 Å². The van der Waals surface area contributed by atoms with E-state index in [1.807, 2.05) is 91.0 Å². The van der Waals surface area contributed by atoms with Crippen LogP contribution in [0.1, 0.15) is 16.7 Å². The molecule has 3 aromatic carbocycles. The molecule has 3 rings (SSSR count). The maximum Gasteiger partial charge on any atom is 0.143 e. The van der Waals surface area contributed by atoms with Crippen LogP contribution in [0.2, 0.25) is 0 Å². The van der Waals surface area contributed by atoms with Crippen molar-refractivity contribution >= 4 is 0 Å². The fraction of sp³-hybridized carbons (Fsp3) is 0.182. The van der Waals surface area contributed by atoms with Gasteiger partial charge in [0, 0.05) is 0 Å². The zero-order valence-corrected chi connectivity index (χ0v) is 14.0. The van der Waals surface area contributed by atoms with Gasteiger partial charge in [0.1, 0.15) is 11.7 Å². The first-order chi connectivity index (χ1) is 12.3. The molecule has 0 unspecified atom stereocenters. The van der Waals surface area contributed by atoms with Gasteiger partial charge in [-0.25, -0.2) is 0 Å². The minimum Gasteiger partial charge on any atom is -0.394 e. The molecule has 128 valence electrons. The van der Waals surface area contributed by atoms with Crippen LogP contribution in [0, 0.1) is 0 Å². The number of aliphatic hydroxyl groups is 2. The summed E-state index contributed by atoms with van der Waals surface area (Å²) in [6.45, 7) is -0.316. The Bertz CT molecular complexity index is 660. The number of rotatable bonds is 7. The van der Waals surface area contributed by atoms with Crippen LogP contribution in [0.15, 0.2) is 91.0 Å². The molecule has 0 amide bonds. The van der Waals surface area contributed by atoms with Gasteiger partial charge in [0.25, 0.3) is 0 Å². The second-order valence-corrected chi connectivity index (χ2v) is 5.93. The van der Waals surface area contributed by atoms with Crippen LogP contribution in [-0.2, 0) is 10.3 Å². The summed E-state index contributed by atoms with van der Waals surface area (Å²) < 4.78 is 6.33. The van der Waals surface area contributed by atoms with Crippen molar-refractivity contribution in [1.82, 2.24) is 0 Å². The van der Waals surface area contributed by atoms with E-state index >= 15 is 0 Å². The molecule has 3 heteroatoms. The Morgan fingerprint density at radius 2 is 1.04 bits per heavy atom. The zero-order chi connectivity index (χ0) is 17.5. The van der Waals surface area contributed by atoms with Gasteiger partial charge in [0.15, 0.2) is 0 Å². The van der Waals surface area contributed by atoms with Crippen molar-refractivity contribution in [3.8, 4) is 0 Å². The normalized spacial score (nSPS) is 12.7. The second-order valence-electron chi connectivity index (χ2n) is 5.93. The summed E-state index contributed by atoms with van der Waals surface area (Å²) in [5, 5.41) is 19.1. The monoisotopic (exact) mass is 334 g/mol. The first-order valence-electron chi connectivity index (χ1n) is 8.37. The largest absolute Gasteiger partial charge is 0.394 e. The highest BCUT2D eigenvalue weighted by molar-refractivity contribution is 5.47. The predicted molar refractivity (Wildman–Crippen MR) is 98.3 cm³/mol. The van der Waals surface area contributed by atoms with E-state index in [1.54, 1.807) is 0 Å². The molecule has 0 aliphatic rings. The van der Waals surface area contributed by atoms with Gasteiger partial charge in [-0.05, 0) is 16.7 Å². The SMILES string of the molecule is OC[C@H](O)COC(c1ccccc1)(c1ccccc1)c1ccccc1. The van der Waals surface area contributed by atoms with E-state index in [1.165, 1.54) is 0 Å². The third-order valence-electron chi connectivity index (χ3n) is 4.24. The van der Waals surface area contributed by atoms with E-state index in [-0.39, 0.29) is 13.2 Å². The summed E-state index contributed by atoms with van der Waals surface area (Å²) in [7, 11) is 0. The van der Waals surface area contributed by atoms with Crippen molar-refractivity contribution in [2.24, 2.45) is 0 Å². The molecule has 0 aliphatic carbocycles. The van der Waals surface area contributed by atoms with Crippen molar-refractivity contribution in [2.75, 3.05) is 13.2 Å². The van der Waals surface area contributed by atoms with E-state index in [4.69, 9.17) is 4.74 Å². The lowest BCUT2D eigenvalue weighted by Gasteiger charge is -2.36. The summed E-state index contributed by atoms with van der Waals surface area (Å²) in [4.78, 5) is 0. The average Bonchev–Trinajstić information content (AvgIpc) is 2.71. The Morgan fingerprint density at radius 3 is 1.36 bits per heavy atom. The van der Waals surface area contributed by atoms with E-state index in [0.29, 0.717) is 0 Å². The zero-order valence-electron chi connectivity index (χ0n) is 14.0. The highest BCUT2D eigenvalue weighted by atomic mass is 16.5. The van der Waals surface area contributed by atoms with Crippen molar-refractivity contribution in [1.29, 1.82) is 0 Å². The number of aliphatic hydroxyl groups excluding tert-OH is 2. The topological polar surface area (TPSA) is 49.7 Å². The average molecular weight is 334 g/mol. The first kappa shape index (κ1) is 17.4. The molecule has 3 aromatic rings. The molecule has 0 aliphatic heterocycles. The van der Waals surface area contributed by atoms with Crippen LogP contribution in [0.4, 0.5) is 0 Å². The van der Waals surface area contributed by atoms with E-state index < -0.39 is 11.7 Å². The summed E-state index contributed by atoms with van der Waals surface area (Å²) in [5.41, 5.74) is 2.05. The minimum atomic E-state index is -0.935. The van der Waals surface area contributed by atoms with Crippen LogP contribution in [-0.4, -0.2) is 29.5 Å². The molecular weight excluding hydrogens is 312 g/mol. The molecule has 0 aromatic heterocycles. The van der Waals surface area contributed by atoms with Crippen molar-refractivity contribution in [2.45, 2.75) is 11.7 Å². The summed E-state index contributed by atoms with van der Waals surface area (Å²) in [5.74, 6) is 0. The fourth-order valence-electron chi connectivity index (χ4n) is 3.04. The van der Waals surface area contributed by atoms with Crippen LogP contribution >= 0.6 is 0 Å². The second kappa shape index (κ2) is 8.08. The lowest BCUT2D eigenvalue weighted by atomic mass is 9.80. The van der Waals surface area contributed by atoms with Crippen LogP contribution < -0.4 is 0 Å². The summed E-state index contributed by atoms with van der Waals surface area (Å²) >= 11 is 0. The molecule has 2 N–H and O–H groups in total. The van der Waals surface area contributed by atoms with Gasteiger partial charge < -0.3 is 14.9 Å². The Labute approximate surface area is 148 Å². The number of hydrogen-bond acceptors (Lipinski definition) is 3. The van der Waals surface area contributed by atoms with Crippen LogP contribution in [0.25, 0.3) is 0 Å². The molecular formula is C22H22O3. The van der Waals surface area contributed by atoms with Crippen LogP contribution in [0.5, 0.6) is 0 Å². The molecule has 0 radical (unpaired) electrons. The van der Waals surface area contributed by atoms with Gasteiger partial charge in [0.2, 0.25) is 0 Å². The Kier molecular flexibility index (Phi) is 5.61. The fourth-order valence-corrected chi connectivity index (χ4v) is 3.04. The molecule has 0 saturated carbocycles. The Balaban J connectivity index is 2.20. The van der Waals surface area contributed by atoms with Crippen molar-refractivity contribution in [3.05, 3.63) is 108 Å².